The summed E-state index contributed by atoms with van der Waals surface area (Å²) in [6.07, 6.45) is 2.56. The van der Waals surface area contributed by atoms with Gasteiger partial charge >= 0.3 is 6.03 Å². The van der Waals surface area contributed by atoms with Gasteiger partial charge in [0.1, 0.15) is 17.3 Å². The van der Waals surface area contributed by atoms with Crippen LogP contribution in [0, 0.1) is 0 Å². The molecule has 1 atom stereocenters. The summed E-state index contributed by atoms with van der Waals surface area (Å²) in [5, 5.41) is 9.08. The number of methoxy groups -OCH3 is 2. The van der Waals surface area contributed by atoms with Gasteiger partial charge < -0.3 is 30.3 Å². The van der Waals surface area contributed by atoms with Gasteiger partial charge in [0.25, 0.3) is 0 Å². The Balaban J connectivity index is 1.32. The molecule has 2 heterocycles. The minimum absolute atomic E-state index is 0.0218. The van der Waals surface area contributed by atoms with Crippen LogP contribution < -0.4 is 30.3 Å². The van der Waals surface area contributed by atoms with Crippen LogP contribution in [0.3, 0.4) is 0 Å². The molecule has 0 spiro atoms. The first-order valence-electron chi connectivity index (χ1n) is 10.3. The highest BCUT2D eigenvalue weighted by atomic mass is 16.5. The predicted octanol–water partition coefficient (Wildman–Crippen LogP) is 3.64. The van der Waals surface area contributed by atoms with Gasteiger partial charge in [-0.25, -0.2) is 9.78 Å². The van der Waals surface area contributed by atoms with Crippen molar-refractivity contribution in [2.75, 3.05) is 42.8 Å². The molecule has 2 aromatic carbocycles. The van der Waals surface area contributed by atoms with Crippen LogP contribution in [0.2, 0.25) is 0 Å². The molecule has 0 saturated carbocycles. The molecule has 1 unspecified atom stereocenters. The minimum atomic E-state index is -0.241. The number of carbonyl (C=O) groups excluding carboxylic acids is 1. The summed E-state index contributed by atoms with van der Waals surface area (Å²) in [4.78, 5) is 23.5. The molecule has 0 radical (unpaired) electrons. The molecule has 4 rings (SSSR count). The van der Waals surface area contributed by atoms with Crippen molar-refractivity contribution in [2.45, 2.75) is 12.5 Å². The quantitative estimate of drug-likeness (QED) is 0.522. The lowest BCUT2D eigenvalue weighted by Gasteiger charge is -2.19. The fourth-order valence-electron chi connectivity index (χ4n) is 3.53. The molecule has 3 N–H and O–H groups in total. The van der Waals surface area contributed by atoms with E-state index in [0.717, 1.165) is 30.2 Å². The molecule has 1 fully saturated rings. The average Bonchev–Trinajstić information content (AvgIpc) is 3.28. The largest absolute Gasteiger partial charge is 0.497 e. The van der Waals surface area contributed by atoms with Gasteiger partial charge in [-0.3, -0.25) is 0 Å². The van der Waals surface area contributed by atoms with Crippen LogP contribution >= 0.6 is 0 Å². The molecular formula is C23H26N6O3. The molecule has 3 aromatic rings. The SMILES string of the molecule is COc1ccc(Nc2nccc(N3CCC(NC(=O)Nc4cccc(OC)c4)C3)n2)cc1. The topological polar surface area (TPSA) is 101 Å². The number of nitrogens with zero attached hydrogens (tertiary/aromatic N) is 3. The van der Waals surface area contributed by atoms with Crippen molar-refractivity contribution in [1.82, 2.24) is 15.3 Å². The highest BCUT2D eigenvalue weighted by Gasteiger charge is 2.25. The van der Waals surface area contributed by atoms with Crippen LogP contribution in [0.4, 0.5) is 27.9 Å². The van der Waals surface area contributed by atoms with Crippen LogP contribution in [0.15, 0.2) is 60.8 Å². The molecule has 0 bridgehead atoms. The maximum Gasteiger partial charge on any atom is 0.319 e. The standard InChI is InChI=1S/C23H26N6O3/c1-31-19-8-6-16(7-9-19)25-22-24-12-10-21(28-22)29-13-11-18(15-29)27-23(30)26-17-4-3-5-20(14-17)32-2/h3-10,12,14,18H,11,13,15H2,1-2H3,(H,24,25,28)(H2,26,27,30). The number of benzene rings is 2. The Hall–Kier alpha value is -4.01. The Morgan fingerprint density at radius 1 is 1.03 bits per heavy atom. The zero-order valence-electron chi connectivity index (χ0n) is 18.0. The number of hydrogen-bond acceptors (Lipinski definition) is 7. The van der Waals surface area contributed by atoms with E-state index in [4.69, 9.17) is 9.47 Å². The Morgan fingerprint density at radius 3 is 2.62 bits per heavy atom. The van der Waals surface area contributed by atoms with Crippen LogP contribution in [0.5, 0.6) is 11.5 Å². The van der Waals surface area contributed by atoms with Crippen LogP contribution in [0.1, 0.15) is 6.42 Å². The van der Waals surface area contributed by atoms with Gasteiger partial charge in [-0.05, 0) is 48.9 Å². The summed E-state index contributed by atoms with van der Waals surface area (Å²) >= 11 is 0. The Morgan fingerprint density at radius 2 is 1.84 bits per heavy atom. The van der Waals surface area contributed by atoms with Crippen molar-refractivity contribution in [3.8, 4) is 11.5 Å². The third kappa shape index (κ3) is 5.37. The van der Waals surface area contributed by atoms with Gasteiger partial charge in [-0.15, -0.1) is 0 Å². The molecule has 1 saturated heterocycles. The van der Waals surface area contributed by atoms with Gasteiger partial charge in [0, 0.05) is 42.8 Å². The number of hydrogen-bond donors (Lipinski definition) is 3. The van der Waals surface area contributed by atoms with Gasteiger partial charge in [0.15, 0.2) is 0 Å². The van der Waals surface area contributed by atoms with E-state index in [9.17, 15) is 4.79 Å². The van der Waals surface area contributed by atoms with E-state index in [1.165, 1.54) is 0 Å². The molecule has 9 nitrogen and oxygen atoms in total. The van der Waals surface area contributed by atoms with Crippen LogP contribution in [0.25, 0.3) is 0 Å². The summed E-state index contributed by atoms with van der Waals surface area (Å²) in [6, 6.07) is 16.5. The summed E-state index contributed by atoms with van der Waals surface area (Å²) in [6.45, 7) is 1.47. The summed E-state index contributed by atoms with van der Waals surface area (Å²) in [5.74, 6) is 2.81. The van der Waals surface area contributed by atoms with E-state index in [-0.39, 0.29) is 12.1 Å². The normalized spacial score (nSPS) is 15.2. The lowest BCUT2D eigenvalue weighted by atomic mass is 10.2. The maximum absolute atomic E-state index is 12.4. The van der Waals surface area contributed by atoms with E-state index < -0.39 is 0 Å². The Bertz CT molecular complexity index is 1060. The van der Waals surface area contributed by atoms with Gasteiger partial charge in [0.05, 0.1) is 14.2 Å². The van der Waals surface area contributed by atoms with E-state index >= 15 is 0 Å². The maximum atomic E-state index is 12.4. The molecule has 1 aliphatic rings. The number of nitrogens with one attached hydrogen (secondary N) is 3. The second-order valence-corrected chi connectivity index (χ2v) is 7.35. The summed E-state index contributed by atoms with van der Waals surface area (Å²) in [7, 11) is 3.23. The van der Waals surface area contributed by atoms with E-state index in [2.05, 4.69) is 30.8 Å². The smallest absolute Gasteiger partial charge is 0.319 e. The molecule has 1 aromatic heterocycles. The number of aromatic nitrogens is 2. The van der Waals surface area contributed by atoms with Gasteiger partial charge in [0.2, 0.25) is 5.95 Å². The van der Waals surface area contributed by atoms with Crippen LogP contribution in [-0.4, -0.2) is 49.4 Å². The first-order chi connectivity index (χ1) is 15.6. The predicted molar refractivity (Wildman–Crippen MR) is 124 cm³/mol. The zero-order chi connectivity index (χ0) is 22.3. The van der Waals surface area contributed by atoms with Gasteiger partial charge in [-0.1, -0.05) is 6.07 Å². The molecule has 1 aliphatic heterocycles. The summed E-state index contributed by atoms with van der Waals surface area (Å²) < 4.78 is 10.4. The van der Waals surface area contributed by atoms with Crippen LogP contribution in [-0.2, 0) is 0 Å². The molecule has 0 aliphatic carbocycles. The number of urea groups is 1. The van der Waals surface area contributed by atoms with Crippen molar-refractivity contribution < 1.29 is 14.3 Å². The Labute approximate surface area is 186 Å². The molecular weight excluding hydrogens is 408 g/mol. The average molecular weight is 435 g/mol. The van der Waals surface area contributed by atoms with Crippen molar-refractivity contribution in [3.63, 3.8) is 0 Å². The second kappa shape index (κ2) is 9.86. The number of carbonyl (C=O) groups is 1. The number of anilines is 4. The second-order valence-electron chi connectivity index (χ2n) is 7.35. The first kappa shape index (κ1) is 21.2. The summed E-state index contributed by atoms with van der Waals surface area (Å²) in [5.41, 5.74) is 1.56. The zero-order valence-corrected chi connectivity index (χ0v) is 18.0. The number of ether oxygens (including phenoxy) is 2. The van der Waals surface area contributed by atoms with Crippen molar-refractivity contribution in [1.29, 1.82) is 0 Å². The Kier molecular flexibility index (Phi) is 6.54. The van der Waals surface area contributed by atoms with Crippen molar-refractivity contribution in [3.05, 3.63) is 60.8 Å². The molecule has 2 amide bonds. The van der Waals surface area contributed by atoms with E-state index in [1.807, 2.05) is 48.5 Å². The third-order valence-corrected chi connectivity index (χ3v) is 5.16. The van der Waals surface area contributed by atoms with Gasteiger partial charge in [-0.2, -0.15) is 4.98 Å². The number of amides is 2. The fourth-order valence-corrected chi connectivity index (χ4v) is 3.53. The van der Waals surface area contributed by atoms with Crippen molar-refractivity contribution >= 4 is 29.2 Å². The third-order valence-electron chi connectivity index (χ3n) is 5.16. The lowest BCUT2D eigenvalue weighted by molar-refractivity contribution is 0.249. The molecule has 32 heavy (non-hydrogen) atoms. The van der Waals surface area contributed by atoms with Crippen molar-refractivity contribution in [2.24, 2.45) is 0 Å². The molecule has 9 heteroatoms. The van der Waals surface area contributed by atoms with E-state index in [0.29, 0.717) is 23.9 Å². The fraction of sp³-hybridized carbons (Fsp3) is 0.261. The highest BCUT2D eigenvalue weighted by molar-refractivity contribution is 5.89. The van der Waals surface area contributed by atoms with E-state index in [1.54, 1.807) is 26.5 Å². The lowest BCUT2D eigenvalue weighted by Crippen LogP contribution is -2.39. The number of rotatable bonds is 7. The first-order valence-corrected chi connectivity index (χ1v) is 10.3. The highest BCUT2D eigenvalue weighted by Crippen LogP contribution is 2.22. The molecule has 166 valence electrons. The monoisotopic (exact) mass is 434 g/mol. The minimum Gasteiger partial charge on any atom is -0.497 e.